The van der Waals surface area contributed by atoms with Crippen molar-refractivity contribution in [2.75, 3.05) is 19.6 Å². The number of rotatable bonds is 5. The predicted octanol–water partition coefficient (Wildman–Crippen LogP) is 0.0540. The van der Waals surface area contributed by atoms with Gasteiger partial charge in [-0.25, -0.2) is 0 Å². The highest BCUT2D eigenvalue weighted by Crippen LogP contribution is 2.10. The van der Waals surface area contributed by atoms with Gasteiger partial charge in [0.2, 0.25) is 5.91 Å². The molecule has 1 aromatic heterocycles. The van der Waals surface area contributed by atoms with E-state index in [0.29, 0.717) is 12.6 Å². The molecule has 2 rings (SSSR count). The number of aromatic nitrogens is 1. The third kappa shape index (κ3) is 3.87. The summed E-state index contributed by atoms with van der Waals surface area (Å²) in [5, 5.41) is 3.54. The largest absolute Gasteiger partial charge is 0.369 e. The lowest BCUT2D eigenvalue weighted by molar-refractivity contribution is -0.119. The van der Waals surface area contributed by atoms with E-state index in [4.69, 9.17) is 5.73 Å². The Morgan fingerprint density at radius 3 is 2.88 bits per heavy atom. The van der Waals surface area contributed by atoms with Crippen LogP contribution < -0.4 is 11.1 Å². The Hall–Kier alpha value is -1.33. The standard InChI is InChI=1S/C12H20N4O/c13-12(17)9-16-5-2-11(3-6-16)15-8-10-1-4-14-7-10/h1,4,7,11,14-15H,2-3,5-6,8-9H2,(H2,13,17). The van der Waals surface area contributed by atoms with E-state index in [1.807, 2.05) is 12.4 Å². The fourth-order valence-corrected chi connectivity index (χ4v) is 2.25. The average molecular weight is 236 g/mol. The molecule has 2 heterocycles. The summed E-state index contributed by atoms with van der Waals surface area (Å²) < 4.78 is 0. The maximum absolute atomic E-state index is 10.8. The minimum Gasteiger partial charge on any atom is -0.369 e. The molecule has 0 saturated carbocycles. The van der Waals surface area contributed by atoms with Crippen LogP contribution >= 0.6 is 0 Å². The summed E-state index contributed by atoms with van der Waals surface area (Å²) in [6.45, 7) is 3.20. The minimum atomic E-state index is -0.233. The van der Waals surface area contributed by atoms with Crippen LogP contribution in [0.1, 0.15) is 18.4 Å². The van der Waals surface area contributed by atoms with E-state index in [9.17, 15) is 4.79 Å². The van der Waals surface area contributed by atoms with Crippen LogP contribution in [0.3, 0.4) is 0 Å². The highest BCUT2D eigenvalue weighted by atomic mass is 16.1. The Labute approximate surface area is 101 Å². The maximum Gasteiger partial charge on any atom is 0.231 e. The van der Waals surface area contributed by atoms with Gasteiger partial charge in [0.1, 0.15) is 0 Å². The Balaban J connectivity index is 1.67. The van der Waals surface area contributed by atoms with Crippen molar-refractivity contribution in [2.45, 2.75) is 25.4 Å². The monoisotopic (exact) mass is 236 g/mol. The van der Waals surface area contributed by atoms with Gasteiger partial charge in [-0.3, -0.25) is 9.69 Å². The van der Waals surface area contributed by atoms with Crippen molar-refractivity contribution in [1.29, 1.82) is 0 Å². The van der Waals surface area contributed by atoms with Gasteiger partial charge in [0.15, 0.2) is 0 Å². The minimum absolute atomic E-state index is 0.233. The first-order valence-corrected chi connectivity index (χ1v) is 6.10. The normalized spacial score (nSPS) is 18.4. The molecule has 1 saturated heterocycles. The molecule has 94 valence electrons. The molecule has 0 unspecified atom stereocenters. The van der Waals surface area contributed by atoms with Crippen LogP contribution in [-0.2, 0) is 11.3 Å². The molecule has 5 heteroatoms. The van der Waals surface area contributed by atoms with Crippen LogP contribution in [0.25, 0.3) is 0 Å². The second-order valence-corrected chi connectivity index (χ2v) is 4.62. The van der Waals surface area contributed by atoms with Gasteiger partial charge in [0, 0.05) is 38.1 Å². The zero-order valence-corrected chi connectivity index (χ0v) is 9.98. The number of likely N-dealkylation sites (tertiary alicyclic amines) is 1. The van der Waals surface area contributed by atoms with Gasteiger partial charge in [-0.2, -0.15) is 0 Å². The molecule has 0 aliphatic carbocycles. The Morgan fingerprint density at radius 1 is 1.53 bits per heavy atom. The van der Waals surface area contributed by atoms with Crippen molar-refractivity contribution in [2.24, 2.45) is 5.73 Å². The molecular formula is C12H20N4O. The lowest BCUT2D eigenvalue weighted by Gasteiger charge is -2.31. The number of primary amides is 1. The zero-order chi connectivity index (χ0) is 12.1. The molecular weight excluding hydrogens is 216 g/mol. The van der Waals surface area contributed by atoms with Crippen molar-refractivity contribution >= 4 is 5.91 Å². The van der Waals surface area contributed by atoms with Crippen molar-refractivity contribution < 1.29 is 4.79 Å². The van der Waals surface area contributed by atoms with Gasteiger partial charge in [-0.05, 0) is 24.5 Å². The molecule has 0 aromatic carbocycles. The van der Waals surface area contributed by atoms with E-state index >= 15 is 0 Å². The van der Waals surface area contributed by atoms with E-state index in [-0.39, 0.29) is 5.91 Å². The molecule has 1 amide bonds. The van der Waals surface area contributed by atoms with Gasteiger partial charge in [-0.15, -0.1) is 0 Å². The number of nitrogens with one attached hydrogen (secondary N) is 2. The summed E-state index contributed by atoms with van der Waals surface area (Å²) in [6.07, 6.45) is 6.11. The summed E-state index contributed by atoms with van der Waals surface area (Å²) in [4.78, 5) is 16.0. The van der Waals surface area contributed by atoms with Crippen LogP contribution in [0.4, 0.5) is 0 Å². The SMILES string of the molecule is NC(=O)CN1CCC(NCc2cc[nH]c2)CC1. The van der Waals surface area contributed by atoms with Crippen LogP contribution in [0.15, 0.2) is 18.5 Å². The van der Waals surface area contributed by atoms with Gasteiger partial charge < -0.3 is 16.0 Å². The van der Waals surface area contributed by atoms with Gasteiger partial charge in [0.25, 0.3) is 0 Å². The second-order valence-electron chi connectivity index (χ2n) is 4.62. The number of carbonyl (C=O) groups excluding carboxylic acids is 1. The van der Waals surface area contributed by atoms with E-state index in [2.05, 4.69) is 21.3 Å². The quantitative estimate of drug-likeness (QED) is 0.676. The van der Waals surface area contributed by atoms with Crippen molar-refractivity contribution in [3.05, 3.63) is 24.0 Å². The molecule has 0 radical (unpaired) electrons. The second kappa shape index (κ2) is 5.84. The van der Waals surface area contributed by atoms with Crippen LogP contribution in [0.2, 0.25) is 0 Å². The summed E-state index contributed by atoms with van der Waals surface area (Å²) in [5.41, 5.74) is 6.46. The van der Waals surface area contributed by atoms with Crippen LogP contribution in [-0.4, -0.2) is 41.5 Å². The molecule has 5 nitrogen and oxygen atoms in total. The first-order chi connectivity index (χ1) is 8.24. The highest BCUT2D eigenvalue weighted by Gasteiger charge is 2.19. The summed E-state index contributed by atoms with van der Waals surface area (Å²) in [7, 11) is 0. The summed E-state index contributed by atoms with van der Waals surface area (Å²) in [6, 6.07) is 2.63. The number of nitrogens with zero attached hydrogens (tertiary/aromatic N) is 1. The lowest BCUT2D eigenvalue weighted by Crippen LogP contribution is -2.45. The van der Waals surface area contributed by atoms with Crippen LogP contribution in [0, 0.1) is 0 Å². The summed E-state index contributed by atoms with van der Waals surface area (Å²) in [5.74, 6) is -0.233. The number of aromatic amines is 1. The molecule has 17 heavy (non-hydrogen) atoms. The fraction of sp³-hybridized carbons (Fsp3) is 0.583. The molecule has 4 N–H and O–H groups in total. The molecule has 0 spiro atoms. The van der Waals surface area contributed by atoms with E-state index in [0.717, 1.165) is 32.5 Å². The topological polar surface area (TPSA) is 74.2 Å². The van der Waals surface area contributed by atoms with E-state index in [1.54, 1.807) is 0 Å². The lowest BCUT2D eigenvalue weighted by atomic mass is 10.0. The fourth-order valence-electron chi connectivity index (χ4n) is 2.25. The smallest absolute Gasteiger partial charge is 0.231 e. The first kappa shape index (κ1) is 12.1. The van der Waals surface area contributed by atoms with Gasteiger partial charge in [-0.1, -0.05) is 0 Å². The van der Waals surface area contributed by atoms with Gasteiger partial charge >= 0.3 is 0 Å². The van der Waals surface area contributed by atoms with Crippen molar-refractivity contribution in [3.8, 4) is 0 Å². The highest BCUT2D eigenvalue weighted by molar-refractivity contribution is 5.75. The third-order valence-electron chi connectivity index (χ3n) is 3.22. The number of carbonyl (C=O) groups is 1. The Bertz CT molecular complexity index is 341. The maximum atomic E-state index is 10.8. The first-order valence-electron chi connectivity index (χ1n) is 6.10. The average Bonchev–Trinajstić information content (AvgIpc) is 2.80. The van der Waals surface area contributed by atoms with Gasteiger partial charge in [0.05, 0.1) is 6.54 Å². The van der Waals surface area contributed by atoms with Crippen LogP contribution in [0.5, 0.6) is 0 Å². The molecule has 1 aliphatic rings. The third-order valence-corrected chi connectivity index (χ3v) is 3.22. The van der Waals surface area contributed by atoms with Crippen molar-refractivity contribution in [1.82, 2.24) is 15.2 Å². The number of nitrogens with two attached hydrogens (primary N) is 1. The zero-order valence-electron chi connectivity index (χ0n) is 9.98. The summed E-state index contributed by atoms with van der Waals surface area (Å²) >= 11 is 0. The van der Waals surface area contributed by atoms with Crippen molar-refractivity contribution in [3.63, 3.8) is 0 Å². The number of hydrogen-bond acceptors (Lipinski definition) is 3. The molecule has 0 atom stereocenters. The molecule has 1 fully saturated rings. The van der Waals surface area contributed by atoms with E-state index < -0.39 is 0 Å². The molecule has 1 aliphatic heterocycles. The number of amides is 1. The molecule has 0 bridgehead atoms. The predicted molar refractivity (Wildman–Crippen MR) is 66.3 cm³/mol. The van der Waals surface area contributed by atoms with E-state index in [1.165, 1.54) is 5.56 Å². The Kier molecular flexibility index (Phi) is 4.17. The molecule has 1 aromatic rings. The number of H-pyrrole nitrogens is 1. The number of piperidine rings is 1. The Morgan fingerprint density at radius 2 is 2.29 bits per heavy atom. The number of hydrogen-bond donors (Lipinski definition) is 3.